The van der Waals surface area contributed by atoms with Crippen LogP contribution in [0.25, 0.3) is 0 Å². The lowest BCUT2D eigenvalue weighted by atomic mass is 10.1. The highest BCUT2D eigenvalue weighted by Crippen LogP contribution is 2.26. The fraction of sp³-hybridized carbons (Fsp3) is 0.333. The zero-order chi connectivity index (χ0) is 19.9. The van der Waals surface area contributed by atoms with Gasteiger partial charge in [-0.3, -0.25) is 0 Å². The first-order valence-electron chi connectivity index (χ1n) is 8.83. The van der Waals surface area contributed by atoms with Gasteiger partial charge in [0.05, 0.1) is 17.7 Å². The fourth-order valence-electron chi connectivity index (χ4n) is 2.99. The molecule has 2 aromatic rings. The van der Waals surface area contributed by atoms with Gasteiger partial charge in [0.25, 0.3) is 0 Å². The summed E-state index contributed by atoms with van der Waals surface area (Å²) >= 11 is 0. The smallest absolute Gasteiger partial charge is 0.338 e. The van der Waals surface area contributed by atoms with Gasteiger partial charge in [-0.1, -0.05) is 36.4 Å². The van der Waals surface area contributed by atoms with E-state index in [9.17, 15) is 9.59 Å². The van der Waals surface area contributed by atoms with Gasteiger partial charge in [0, 0.05) is 14.2 Å². The van der Waals surface area contributed by atoms with Crippen LogP contribution >= 0.6 is 0 Å². The van der Waals surface area contributed by atoms with Crippen molar-refractivity contribution in [1.29, 1.82) is 0 Å². The first-order valence-corrected chi connectivity index (χ1v) is 8.83. The Labute approximate surface area is 163 Å². The molecule has 0 radical (unpaired) electrons. The number of hydrogen-bond donors (Lipinski definition) is 0. The quantitative estimate of drug-likeness (QED) is 0.534. The van der Waals surface area contributed by atoms with Gasteiger partial charge in [-0.25, -0.2) is 9.59 Å². The fourth-order valence-corrected chi connectivity index (χ4v) is 2.99. The Morgan fingerprint density at radius 1 is 0.857 bits per heavy atom. The maximum Gasteiger partial charge on any atom is 0.338 e. The van der Waals surface area contributed by atoms with E-state index in [4.69, 9.17) is 23.7 Å². The van der Waals surface area contributed by atoms with Crippen LogP contribution < -0.4 is 0 Å². The molecule has 0 amide bonds. The number of rotatable bonds is 7. The molecule has 1 aliphatic heterocycles. The van der Waals surface area contributed by atoms with E-state index in [2.05, 4.69) is 0 Å². The van der Waals surface area contributed by atoms with Gasteiger partial charge in [0.2, 0.25) is 0 Å². The molecule has 2 aromatic carbocycles. The minimum atomic E-state index is -0.884. The monoisotopic (exact) mass is 386 g/mol. The summed E-state index contributed by atoms with van der Waals surface area (Å²) < 4.78 is 27.4. The van der Waals surface area contributed by atoms with Crippen molar-refractivity contribution in [3.63, 3.8) is 0 Å². The lowest BCUT2D eigenvalue weighted by Crippen LogP contribution is -2.44. The number of ether oxygens (including phenoxy) is 5. The summed E-state index contributed by atoms with van der Waals surface area (Å²) in [5.41, 5.74) is 0.779. The summed E-state index contributed by atoms with van der Waals surface area (Å²) in [7, 11) is 2.91. The normalized spacial score (nSPS) is 21.5. The van der Waals surface area contributed by atoms with E-state index in [1.54, 1.807) is 60.7 Å². The second-order valence-corrected chi connectivity index (χ2v) is 6.18. The molecule has 0 aliphatic carbocycles. The van der Waals surface area contributed by atoms with Crippen LogP contribution in [0.3, 0.4) is 0 Å². The number of carbonyl (C=O) groups is 2. The van der Waals surface area contributed by atoms with Crippen LogP contribution in [0.4, 0.5) is 0 Å². The minimum Gasteiger partial charge on any atom is -0.452 e. The average Bonchev–Trinajstić information content (AvgIpc) is 3.12. The summed E-state index contributed by atoms with van der Waals surface area (Å²) in [6.45, 7) is 0.0548. The SMILES string of the molecule is COC(OC)C1OC[C@@H](OC(=O)c2ccccc2)[C@H]1OC(=O)c1ccccc1. The zero-order valence-electron chi connectivity index (χ0n) is 15.6. The Morgan fingerprint density at radius 3 is 1.86 bits per heavy atom. The van der Waals surface area contributed by atoms with Crippen molar-refractivity contribution in [3.8, 4) is 0 Å². The third-order valence-corrected chi connectivity index (χ3v) is 4.40. The maximum atomic E-state index is 12.5. The number of esters is 2. The van der Waals surface area contributed by atoms with Crippen LogP contribution in [0.1, 0.15) is 20.7 Å². The van der Waals surface area contributed by atoms with E-state index < -0.39 is 36.5 Å². The van der Waals surface area contributed by atoms with Gasteiger partial charge in [-0.15, -0.1) is 0 Å². The second-order valence-electron chi connectivity index (χ2n) is 6.18. The van der Waals surface area contributed by atoms with E-state index in [0.29, 0.717) is 11.1 Å². The lowest BCUT2D eigenvalue weighted by molar-refractivity contribution is -0.186. The molecule has 0 N–H and O–H groups in total. The highest BCUT2D eigenvalue weighted by atomic mass is 16.7. The van der Waals surface area contributed by atoms with E-state index in [-0.39, 0.29) is 6.61 Å². The lowest BCUT2D eigenvalue weighted by Gasteiger charge is -2.27. The van der Waals surface area contributed by atoms with Crippen molar-refractivity contribution in [2.75, 3.05) is 20.8 Å². The molecule has 28 heavy (non-hydrogen) atoms. The van der Waals surface area contributed by atoms with E-state index in [1.807, 2.05) is 0 Å². The van der Waals surface area contributed by atoms with Crippen LogP contribution in [0.5, 0.6) is 0 Å². The van der Waals surface area contributed by atoms with Gasteiger partial charge in [0.1, 0.15) is 6.10 Å². The predicted octanol–water partition coefficient (Wildman–Crippen LogP) is 2.46. The van der Waals surface area contributed by atoms with Gasteiger partial charge in [0.15, 0.2) is 18.5 Å². The maximum absolute atomic E-state index is 12.5. The number of carbonyl (C=O) groups excluding carboxylic acids is 2. The van der Waals surface area contributed by atoms with Crippen molar-refractivity contribution in [2.24, 2.45) is 0 Å². The first-order chi connectivity index (χ1) is 13.6. The van der Waals surface area contributed by atoms with Gasteiger partial charge in [-0.05, 0) is 24.3 Å². The number of hydrogen-bond acceptors (Lipinski definition) is 7. The molecule has 3 rings (SSSR count). The highest BCUT2D eigenvalue weighted by molar-refractivity contribution is 5.90. The zero-order valence-corrected chi connectivity index (χ0v) is 15.6. The summed E-state index contributed by atoms with van der Waals surface area (Å²) in [5.74, 6) is -1.07. The standard InChI is InChI=1S/C21H22O7/c1-24-21(25-2)18-17(28-20(23)15-11-7-4-8-12-15)16(13-26-18)27-19(22)14-9-5-3-6-10-14/h3-12,16-18,21H,13H2,1-2H3/t16-,17-,18?/m1/s1. The molecule has 0 aromatic heterocycles. The third kappa shape index (κ3) is 4.56. The molecule has 1 aliphatic rings. The molecule has 148 valence electrons. The summed E-state index contributed by atoms with van der Waals surface area (Å²) in [5, 5.41) is 0. The van der Waals surface area contributed by atoms with Crippen LogP contribution in [0.2, 0.25) is 0 Å². The summed E-state index contributed by atoms with van der Waals surface area (Å²) in [6, 6.07) is 17.1. The Morgan fingerprint density at radius 2 is 1.36 bits per heavy atom. The van der Waals surface area contributed by atoms with Crippen LogP contribution in [0, 0.1) is 0 Å². The van der Waals surface area contributed by atoms with Crippen molar-refractivity contribution in [1.82, 2.24) is 0 Å². The van der Waals surface area contributed by atoms with Crippen molar-refractivity contribution >= 4 is 11.9 Å². The minimum absolute atomic E-state index is 0.0548. The Kier molecular flexibility index (Phi) is 6.76. The Hall–Kier alpha value is -2.74. The average molecular weight is 386 g/mol. The highest BCUT2D eigenvalue weighted by Gasteiger charge is 2.47. The molecule has 0 bridgehead atoms. The molecule has 1 fully saturated rings. The van der Waals surface area contributed by atoms with Crippen LogP contribution in [-0.4, -0.2) is 57.4 Å². The van der Waals surface area contributed by atoms with Crippen LogP contribution in [0.15, 0.2) is 60.7 Å². The molecule has 3 atom stereocenters. The van der Waals surface area contributed by atoms with E-state index >= 15 is 0 Å². The topological polar surface area (TPSA) is 80.3 Å². The van der Waals surface area contributed by atoms with E-state index in [0.717, 1.165) is 0 Å². The van der Waals surface area contributed by atoms with E-state index in [1.165, 1.54) is 14.2 Å². The molecule has 7 heteroatoms. The number of benzene rings is 2. The molecule has 0 spiro atoms. The van der Waals surface area contributed by atoms with Gasteiger partial charge in [-0.2, -0.15) is 0 Å². The molecular formula is C21H22O7. The largest absolute Gasteiger partial charge is 0.452 e. The summed E-state index contributed by atoms with van der Waals surface area (Å²) in [4.78, 5) is 25.0. The van der Waals surface area contributed by atoms with Crippen molar-refractivity contribution in [2.45, 2.75) is 24.6 Å². The third-order valence-electron chi connectivity index (χ3n) is 4.40. The Balaban J connectivity index is 1.77. The van der Waals surface area contributed by atoms with Crippen LogP contribution in [-0.2, 0) is 23.7 Å². The van der Waals surface area contributed by atoms with Crippen molar-refractivity contribution < 1.29 is 33.3 Å². The first kappa shape index (κ1) is 20.0. The predicted molar refractivity (Wildman–Crippen MR) is 98.8 cm³/mol. The number of methoxy groups -OCH3 is 2. The van der Waals surface area contributed by atoms with Gasteiger partial charge >= 0.3 is 11.9 Å². The molecule has 0 saturated carbocycles. The van der Waals surface area contributed by atoms with Crippen molar-refractivity contribution in [3.05, 3.63) is 71.8 Å². The molecule has 1 heterocycles. The molecular weight excluding hydrogens is 364 g/mol. The molecule has 1 unspecified atom stereocenters. The Bertz CT molecular complexity index is 774. The van der Waals surface area contributed by atoms with Gasteiger partial charge < -0.3 is 23.7 Å². The molecule has 7 nitrogen and oxygen atoms in total. The second kappa shape index (κ2) is 9.45. The summed E-state index contributed by atoms with van der Waals surface area (Å²) in [6.07, 6.45) is -3.20. The molecule has 1 saturated heterocycles.